The number of nitrogens with zero attached hydrogens (tertiary/aromatic N) is 2. The smallest absolute Gasteiger partial charge is 0.203 e. The largest absolute Gasteiger partial charge is 0.253 e. The van der Waals surface area contributed by atoms with Crippen molar-refractivity contribution in [3.8, 4) is 11.3 Å². The summed E-state index contributed by atoms with van der Waals surface area (Å²) in [4.78, 5) is 4.54. The van der Waals surface area contributed by atoms with E-state index in [4.69, 9.17) is 0 Å². The molecule has 1 aromatic heterocycles. The fourth-order valence-electron chi connectivity index (χ4n) is 1.64. The molecule has 0 bridgehead atoms. The molecule has 0 amide bonds. The third-order valence-electron chi connectivity index (χ3n) is 2.60. The van der Waals surface area contributed by atoms with Crippen molar-refractivity contribution in [2.24, 2.45) is 5.10 Å². The molecule has 0 aliphatic rings. The SMILES string of the molecule is CCC/C(C)=N/Nc1nc(-c2ccc(I)cc2)cs1. The van der Waals surface area contributed by atoms with Crippen molar-refractivity contribution in [3.63, 3.8) is 0 Å². The Morgan fingerprint density at radius 2 is 2.11 bits per heavy atom. The van der Waals surface area contributed by atoms with Crippen LogP contribution in [0.2, 0.25) is 0 Å². The van der Waals surface area contributed by atoms with E-state index in [1.165, 1.54) is 3.57 Å². The van der Waals surface area contributed by atoms with Gasteiger partial charge in [0, 0.05) is 20.2 Å². The molecule has 0 saturated heterocycles. The first-order valence-electron chi connectivity index (χ1n) is 6.19. The van der Waals surface area contributed by atoms with Gasteiger partial charge in [-0.3, -0.25) is 5.43 Å². The minimum absolute atomic E-state index is 0.837. The van der Waals surface area contributed by atoms with E-state index < -0.39 is 0 Å². The fraction of sp³-hybridized carbons (Fsp3) is 0.286. The standard InChI is InChI=1S/C14H16IN3S/c1-3-4-10(2)17-18-14-16-13(9-19-14)11-5-7-12(15)8-6-11/h5-9H,3-4H2,1-2H3,(H,16,18)/b17-10+. The molecule has 0 fully saturated rings. The minimum atomic E-state index is 0.837. The summed E-state index contributed by atoms with van der Waals surface area (Å²) >= 11 is 3.88. The van der Waals surface area contributed by atoms with Gasteiger partial charge in [0.05, 0.1) is 5.69 Å². The Kier molecular flexibility index (Phi) is 5.33. The van der Waals surface area contributed by atoms with Gasteiger partial charge in [0.25, 0.3) is 0 Å². The highest BCUT2D eigenvalue weighted by molar-refractivity contribution is 14.1. The van der Waals surface area contributed by atoms with Crippen LogP contribution in [0, 0.1) is 3.57 Å². The van der Waals surface area contributed by atoms with E-state index in [1.807, 2.05) is 6.92 Å². The van der Waals surface area contributed by atoms with Crippen molar-refractivity contribution < 1.29 is 0 Å². The monoisotopic (exact) mass is 385 g/mol. The molecule has 2 rings (SSSR count). The zero-order chi connectivity index (χ0) is 13.7. The minimum Gasteiger partial charge on any atom is -0.253 e. The van der Waals surface area contributed by atoms with Gasteiger partial charge >= 0.3 is 0 Å². The van der Waals surface area contributed by atoms with Gasteiger partial charge in [0.1, 0.15) is 0 Å². The summed E-state index contributed by atoms with van der Waals surface area (Å²) in [5.41, 5.74) is 6.26. The molecular formula is C14H16IN3S. The molecule has 0 atom stereocenters. The van der Waals surface area contributed by atoms with Crippen LogP contribution >= 0.6 is 33.9 Å². The van der Waals surface area contributed by atoms with Gasteiger partial charge in [0.15, 0.2) is 0 Å². The summed E-state index contributed by atoms with van der Waals surface area (Å²) < 4.78 is 1.23. The van der Waals surface area contributed by atoms with E-state index >= 15 is 0 Å². The summed E-state index contributed by atoms with van der Waals surface area (Å²) in [5.74, 6) is 0. The third kappa shape index (κ3) is 4.28. The van der Waals surface area contributed by atoms with Gasteiger partial charge in [-0.05, 0) is 48.1 Å². The Morgan fingerprint density at radius 3 is 2.79 bits per heavy atom. The van der Waals surface area contributed by atoms with Crippen LogP contribution in [0.1, 0.15) is 26.7 Å². The number of thiazole rings is 1. The van der Waals surface area contributed by atoms with Gasteiger partial charge < -0.3 is 0 Å². The summed E-state index contributed by atoms with van der Waals surface area (Å²) in [5, 5.41) is 7.21. The highest BCUT2D eigenvalue weighted by atomic mass is 127. The van der Waals surface area contributed by atoms with Gasteiger partial charge in [-0.25, -0.2) is 4.98 Å². The van der Waals surface area contributed by atoms with Crippen molar-refractivity contribution in [2.45, 2.75) is 26.7 Å². The third-order valence-corrected chi connectivity index (χ3v) is 4.06. The van der Waals surface area contributed by atoms with Crippen LogP contribution in [0.25, 0.3) is 11.3 Å². The van der Waals surface area contributed by atoms with Gasteiger partial charge in [-0.1, -0.05) is 25.5 Å². The van der Waals surface area contributed by atoms with Gasteiger partial charge in [-0.15, -0.1) is 11.3 Å². The number of halogens is 1. The average molecular weight is 385 g/mol. The number of benzene rings is 1. The van der Waals surface area contributed by atoms with E-state index in [9.17, 15) is 0 Å². The number of rotatable bonds is 5. The molecule has 100 valence electrons. The van der Waals surface area contributed by atoms with Crippen molar-refractivity contribution in [1.29, 1.82) is 0 Å². The molecule has 0 unspecified atom stereocenters. The van der Waals surface area contributed by atoms with Crippen LogP contribution in [0.5, 0.6) is 0 Å². The van der Waals surface area contributed by atoms with E-state index in [2.05, 4.69) is 74.7 Å². The molecule has 0 aliphatic carbocycles. The summed E-state index contributed by atoms with van der Waals surface area (Å²) in [7, 11) is 0. The Labute approximate surface area is 131 Å². The number of hydrogen-bond acceptors (Lipinski definition) is 4. The lowest BCUT2D eigenvalue weighted by atomic mass is 10.2. The molecule has 3 nitrogen and oxygen atoms in total. The molecule has 1 aromatic carbocycles. The van der Waals surface area contributed by atoms with Crippen LogP contribution in [-0.4, -0.2) is 10.7 Å². The van der Waals surface area contributed by atoms with Crippen LogP contribution < -0.4 is 5.43 Å². The summed E-state index contributed by atoms with van der Waals surface area (Å²) in [6.45, 7) is 4.18. The van der Waals surface area contributed by atoms with E-state index in [1.54, 1.807) is 11.3 Å². The summed E-state index contributed by atoms with van der Waals surface area (Å²) in [6, 6.07) is 8.36. The molecule has 5 heteroatoms. The highest BCUT2D eigenvalue weighted by Gasteiger charge is 2.03. The van der Waals surface area contributed by atoms with Crippen molar-refractivity contribution >= 4 is 44.8 Å². The lowest BCUT2D eigenvalue weighted by molar-refractivity contribution is 0.983. The number of anilines is 1. The second-order valence-corrected chi connectivity index (χ2v) is 6.36. The molecule has 0 radical (unpaired) electrons. The zero-order valence-electron chi connectivity index (χ0n) is 11.0. The maximum absolute atomic E-state index is 4.54. The predicted octanol–water partition coefficient (Wildman–Crippen LogP) is 5.00. The van der Waals surface area contributed by atoms with Crippen LogP contribution in [0.4, 0.5) is 5.13 Å². The van der Waals surface area contributed by atoms with E-state index in [0.717, 1.165) is 34.9 Å². The maximum atomic E-state index is 4.54. The van der Waals surface area contributed by atoms with Gasteiger partial charge in [-0.2, -0.15) is 5.10 Å². The maximum Gasteiger partial charge on any atom is 0.203 e. The molecule has 1 heterocycles. The normalized spacial score (nSPS) is 11.6. The van der Waals surface area contributed by atoms with Crippen molar-refractivity contribution in [2.75, 3.05) is 5.43 Å². The van der Waals surface area contributed by atoms with Crippen molar-refractivity contribution in [3.05, 3.63) is 33.2 Å². The molecule has 0 saturated carbocycles. The molecule has 0 aliphatic heterocycles. The molecule has 2 aromatic rings. The quantitative estimate of drug-likeness (QED) is 0.447. The Hall–Kier alpha value is -0.950. The number of nitrogens with one attached hydrogen (secondary N) is 1. The fourth-order valence-corrected chi connectivity index (χ4v) is 2.66. The van der Waals surface area contributed by atoms with Crippen LogP contribution in [-0.2, 0) is 0 Å². The molecular weight excluding hydrogens is 369 g/mol. The van der Waals surface area contributed by atoms with Crippen LogP contribution in [0.15, 0.2) is 34.7 Å². The zero-order valence-corrected chi connectivity index (χ0v) is 14.0. The molecule has 0 spiro atoms. The lowest BCUT2D eigenvalue weighted by Gasteiger charge is -1.98. The van der Waals surface area contributed by atoms with E-state index in [0.29, 0.717) is 0 Å². The lowest BCUT2D eigenvalue weighted by Crippen LogP contribution is -1.96. The molecule has 19 heavy (non-hydrogen) atoms. The highest BCUT2D eigenvalue weighted by Crippen LogP contribution is 2.25. The number of hydrazone groups is 1. The second-order valence-electron chi connectivity index (χ2n) is 4.25. The first-order chi connectivity index (χ1) is 9.19. The number of hydrogen-bond donors (Lipinski definition) is 1. The van der Waals surface area contributed by atoms with Crippen molar-refractivity contribution in [1.82, 2.24) is 4.98 Å². The first kappa shape index (κ1) is 14.5. The Balaban J connectivity index is 2.07. The topological polar surface area (TPSA) is 37.3 Å². The van der Waals surface area contributed by atoms with E-state index in [-0.39, 0.29) is 0 Å². The Bertz CT molecular complexity index is 560. The summed E-state index contributed by atoms with van der Waals surface area (Å²) in [6.07, 6.45) is 2.13. The predicted molar refractivity (Wildman–Crippen MR) is 91.9 cm³/mol. The second kappa shape index (κ2) is 7.00. The Morgan fingerprint density at radius 1 is 1.37 bits per heavy atom. The average Bonchev–Trinajstić information content (AvgIpc) is 2.86. The van der Waals surface area contributed by atoms with Gasteiger partial charge in [0.2, 0.25) is 5.13 Å². The number of aromatic nitrogens is 1. The van der Waals surface area contributed by atoms with Crippen LogP contribution in [0.3, 0.4) is 0 Å². The first-order valence-corrected chi connectivity index (χ1v) is 8.15. The molecule has 1 N–H and O–H groups in total.